The number of carbonyl (C=O) groups excluding carboxylic acids is 4. The van der Waals surface area contributed by atoms with Crippen LogP contribution in [0.1, 0.15) is 59.2 Å². The van der Waals surface area contributed by atoms with Crippen molar-refractivity contribution in [2.75, 3.05) is 7.11 Å². The molecule has 0 N–H and O–H groups in total. The highest BCUT2D eigenvalue weighted by Gasteiger charge is 2.57. The van der Waals surface area contributed by atoms with Gasteiger partial charge in [0.15, 0.2) is 0 Å². The van der Waals surface area contributed by atoms with Gasteiger partial charge >= 0.3 is 11.9 Å². The number of esters is 2. The van der Waals surface area contributed by atoms with Gasteiger partial charge in [0.25, 0.3) is 0 Å². The van der Waals surface area contributed by atoms with E-state index in [2.05, 4.69) is 0 Å². The maximum atomic E-state index is 12.9. The van der Waals surface area contributed by atoms with E-state index in [-0.39, 0.29) is 5.97 Å². The Hall–Kier alpha value is -2.50. The maximum absolute atomic E-state index is 12.9. The Morgan fingerprint density at radius 1 is 0.846 bits per heavy atom. The highest BCUT2D eigenvalue weighted by atomic mass is 16.6. The number of carbonyl (C=O) groups is 4. The molecule has 1 aromatic carbocycles. The van der Waals surface area contributed by atoms with Crippen LogP contribution in [-0.4, -0.2) is 36.7 Å². The summed E-state index contributed by atoms with van der Waals surface area (Å²) in [5, 5.41) is 0. The lowest BCUT2D eigenvalue weighted by atomic mass is 9.53. The van der Waals surface area contributed by atoms with Gasteiger partial charge in [-0.15, -0.1) is 0 Å². The molecule has 0 unspecified atom stereocenters. The van der Waals surface area contributed by atoms with Crippen LogP contribution >= 0.6 is 0 Å². The molecule has 5 rings (SSSR count). The summed E-state index contributed by atoms with van der Waals surface area (Å²) >= 11 is 0. The molecule has 4 aliphatic carbocycles. The van der Waals surface area contributed by atoms with Crippen molar-refractivity contribution in [3.05, 3.63) is 35.4 Å². The van der Waals surface area contributed by atoms with Crippen LogP contribution in [0.15, 0.2) is 24.3 Å². The fourth-order valence-corrected chi connectivity index (χ4v) is 4.67. The number of rotatable bonds is 3. The molecule has 0 aliphatic heterocycles. The number of ketones is 2. The number of ether oxygens (including phenoxy) is 2. The Bertz CT molecular complexity index is 764. The smallest absolute Gasteiger partial charge is 0.313 e. The minimum atomic E-state index is -1.37. The van der Waals surface area contributed by atoms with Gasteiger partial charge < -0.3 is 9.47 Å². The number of hydrogen-bond acceptors (Lipinski definition) is 6. The first-order valence-electron chi connectivity index (χ1n) is 8.89. The van der Waals surface area contributed by atoms with Crippen molar-refractivity contribution in [3.8, 4) is 0 Å². The number of methoxy groups -OCH3 is 1. The normalized spacial score (nSPS) is 30.2. The van der Waals surface area contributed by atoms with Gasteiger partial charge in [0.05, 0.1) is 17.9 Å². The largest absolute Gasteiger partial charge is 0.469 e. The Kier molecular flexibility index (Phi) is 3.75. The molecule has 0 saturated heterocycles. The highest BCUT2D eigenvalue weighted by Crippen LogP contribution is 2.58. The van der Waals surface area contributed by atoms with E-state index >= 15 is 0 Å². The van der Waals surface area contributed by atoms with Gasteiger partial charge in [0.1, 0.15) is 0 Å². The molecule has 3 saturated carbocycles. The number of hydrogen-bond donors (Lipinski definition) is 0. The lowest BCUT2D eigenvalue weighted by Crippen LogP contribution is -2.51. The van der Waals surface area contributed by atoms with Crippen molar-refractivity contribution < 1.29 is 28.7 Å². The summed E-state index contributed by atoms with van der Waals surface area (Å²) in [6.07, 6.45) is 1.89. The molecule has 136 valence electrons. The minimum absolute atomic E-state index is 0.212. The molecule has 0 atom stereocenters. The predicted octanol–water partition coefficient (Wildman–Crippen LogP) is 2.49. The zero-order valence-corrected chi connectivity index (χ0v) is 14.6. The van der Waals surface area contributed by atoms with E-state index in [1.807, 2.05) is 0 Å². The van der Waals surface area contributed by atoms with Crippen molar-refractivity contribution in [2.45, 2.75) is 44.6 Å². The van der Waals surface area contributed by atoms with E-state index in [0.29, 0.717) is 49.7 Å². The Balaban J connectivity index is 1.50. The topological polar surface area (TPSA) is 86.7 Å². The van der Waals surface area contributed by atoms with E-state index in [1.54, 1.807) is 24.3 Å². The molecular weight excluding hydrogens is 336 g/mol. The van der Waals surface area contributed by atoms with Gasteiger partial charge in [-0.05, 0) is 38.5 Å². The molecule has 0 heterocycles. The second-order valence-corrected chi connectivity index (χ2v) is 7.61. The molecule has 6 heteroatoms. The van der Waals surface area contributed by atoms with E-state index in [9.17, 15) is 19.2 Å². The molecular formula is C20H20O6. The van der Waals surface area contributed by atoms with Gasteiger partial charge in [-0.3, -0.25) is 19.2 Å². The third-order valence-corrected chi connectivity index (χ3v) is 6.46. The van der Waals surface area contributed by atoms with Crippen LogP contribution in [-0.2, 0) is 19.1 Å². The first-order valence-corrected chi connectivity index (χ1v) is 8.89. The van der Waals surface area contributed by atoms with Crippen LogP contribution in [0.3, 0.4) is 0 Å². The van der Waals surface area contributed by atoms with Gasteiger partial charge in [-0.1, -0.05) is 24.3 Å². The quantitative estimate of drug-likeness (QED) is 0.611. The summed E-state index contributed by atoms with van der Waals surface area (Å²) in [4.78, 5) is 49.9. The standard InChI is InChI=1S/C20H20O6/c1-25-17(23)19-6-9-20(10-7-19,11-8-19)18(24)26-16-14(21)12-4-2-3-5-13(12)15(16)22/h2-5,16H,6-11H2,1H3. The van der Waals surface area contributed by atoms with Gasteiger partial charge in [-0.25, -0.2) is 0 Å². The van der Waals surface area contributed by atoms with Crippen molar-refractivity contribution in [1.82, 2.24) is 0 Å². The summed E-state index contributed by atoms with van der Waals surface area (Å²) in [5.41, 5.74) is -0.577. The second-order valence-electron chi connectivity index (χ2n) is 7.61. The zero-order valence-electron chi connectivity index (χ0n) is 14.6. The number of fused-ring (bicyclic) bond motifs is 4. The van der Waals surface area contributed by atoms with E-state index < -0.39 is 34.5 Å². The predicted molar refractivity (Wildman–Crippen MR) is 89.6 cm³/mol. The van der Waals surface area contributed by atoms with Gasteiger partial charge in [0.2, 0.25) is 17.7 Å². The summed E-state index contributed by atoms with van der Waals surface area (Å²) in [6, 6.07) is 6.52. The lowest BCUT2D eigenvalue weighted by molar-refractivity contribution is -0.177. The van der Waals surface area contributed by atoms with Crippen molar-refractivity contribution in [2.24, 2.45) is 10.8 Å². The third kappa shape index (κ3) is 2.24. The fraction of sp³-hybridized carbons (Fsp3) is 0.500. The molecule has 26 heavy (non-hydrogen) atoms. The molecule has 0 aromatic heterocycles. The van der Waals surface area contributed by atoms with E-state index in [0.717, 1.165) is 0 Å². The first kappa shape index (κ1) is 16.9. The monoisotopic (exact) mass is 356 g/mol. The zero-order chi connectivity index (χ0) is 18.5. The lowest BCUT2D eigenvalue weighted by Gasteiger charge is -2.50. The molecule has 0 amide bonds. The molecule has 1 aromatic rings. The minimum Gasteiger partial charge on any atom is -0.469 e. The SMILES string of the molecule is COC(=O)C12CCC(C(=O)OC3C(=O)c4ccccc4C3=O)(CC1)CC2. The van der Waals surface area contributed by atoms with Crippen LogP contribution in [0.4, 0.5) is 0 Å². The Labute approximate surface area is 150 Å². The molecule has 0 spiro atoms. The number of Topliss-reactive ketones (excluding diaryl/α,β-unsaturated/α-hetero) is 2. The molecule has 2 bridgehead atoms. The van der Waals surface area contributed by atoms with Crippen LogP contribution in [0.25, 0.3) is 0 Å². The van der Waals surface area contributed by atoms with Crippen LogP contribution in [0, 0.1) is 10.8 Å². The summed E-state index contributed by atoms with van der Waals surface area (Å²) < 4.78 is 10.4. The number of benzene rings is 1. The average Bonchev–Trinajstić information content (AvgIpc) is 2.94. The van der Waals surface area contributed by atoms with Crippen LogP contribution in [0.5, 0.6) is 0 Å². The molecule has 3 fully saturated rings. The van der Waals surface area contributed by atoms with E-state index in [1.165, 1.54) is 7.11 Å². The first-order chi connectivity index (χ1) is 12.4. The maximum Gasteiger partial charge on any atom is 0.313 e. The van der Waals surface area contributed by atoms with Crippen LogP contribution in [0.2, 0.25) is 0 Å². The summed E-state index contributed by atoms with van der Waals surface area (Å²) in [5.74, 6) is -1.61. The van der Waals surface area contributed by atoms with Crippen molar-refractivity contribution >= 4 is 23.5 Å². The summed E-state index contributed by atoms with van der Waals surface area (Å²) in [7, 11) is 1.39. The molecule has 6 nitrogen and oxygen atoms in total. The van der Waals surface area contributed by atoms with Crippen molar-refractivity contribution in [3.63, 3.8) is 0 Å². The Morgan fingerprint density at radius 2 is 1.27 bits per heavy atom. The highest BCUT2D eigenvalue weighted by molar-refractivity contribution is 6.29. The molecule has 0 radical (unpaired) electrons. The van der Waals surface area contributed by atoms with E-state index in [4.69, 9.17) is 9.47 Å². The van der Waals surface area contributed by atoms with Crippen LogP contribution < -0.4 is 0 Å². The average molecular weight is 356 g/mol. The van der Waals surface area contributed by atoms with Gasteiger partial charge in [-0.2, -0.15) is 0 Å². The van der Waals surface area contributed by atoms with Crippen molar-refractivity contribution in [1.29, 1.82) is 0 Å². The summed E-state index contributed by atoms with van der Waals surface area (Å²) in [6.45, 7) is 0. The second kappa shape index (κ2) is 5.76. The Morgan fingerprint density at radius 3 is 1.69 bits per heavy atom. The molecule has 4 aliphatic rings. The van der Waals surface area contributed by atoms with Gasteiger partial charge in [0, 0.05) is 11.1 Å². The third-order valence-electron chi connectivity index (χ3n) is 6.46. The fourth-order valence-electron chi connectivity index (χ4n) is 4.67.